The van der Waals surface area contributed by atoms with Crippen molar-refractivity contribution in [3.05, 3.63) is 29.8 Å². The van der Waals surface area contributed by atoms with E-state index in [1.54, 1.807) is 0 Å². The van der Waals surface area contributed by atoms with Crippen LogP contribution in [0.15, 0.2) is 24.3 Å². The molecule has 4 heteroatoms. The number of para-hydroxylation sites is 1. The third kappa shape index (κ3) is 3.97. The molecule has 0 saturated carbocycles. The van der Waals surface area contributed by atoms with Gasteiger partial charge in [-0.25, -0.2) is 0 Å². The lowest BCUT2D eigenvalue weighted by Gasteiger charge is -2.32. The molecule has 2 rings (SSSR count). The first kappa shape index (κ1) is 15.8. The Balaban J connectivity index is 2.13. The second-order valence-corrected chi connectivity index (χ2v) is 5.82. The zero-order chi connectivity index (χ0) is 15.2. The van der Waals surface area contributed by atoms with Crippen molar-refractivity contribution in [1.82, 2.24) is 10.2 Å². The molecule has 0 aliphatic carbocycles. The Kier molecular flexibility index (Phi) is 5.62. The van der Waals surface area contributed by atoms with Crippen LogP contribution in [-0.2, 0) is 11.2 Å². The van der Waals surface area contributed by atoms with E-state index in [-0.39, 0.29) is 11.8 Å². The number of amides is 1. The number of nitrogens with zero attached hydrogens (tertiary/aromatic N) is 1. The Hall–Kier alpha value is -1.55. The molecule has 1 amide bonds. The predicted molar refractivity (Wildman–Crippen MR) is 84.5 cm³/mol. The lowest BCUT2D eigenvalue weighted by atomic mass is 10.0. The molecule has 1 aromatic rings. The van der Waals surface area contributed by atoms with Crippen LogP contribution in [0.1, 0.15) is 26.3 Å². The van der Waals surface area contributed by atoms with Gasteiger partial charge in [0.15, 0.2) is 6.10 Å². The van der Waals surface area contributed by atoms with Gasteiger partial charge in [0.1, 0.15) is 5.75 Å². The molecule has 1 unspecified atom stereocenters. The summed E-state index contributed by atoms with van der Waals surface area (Å²) in [6.45, 7) is 9.44. The van der Waals surface area contributed by atoms with E-state index in [0.717, 1.165) is 43.9 Å². The second-order valence-electron chi connectivity index (χ2n) is 5.82. The van der Waals surface area contributed by atoms with Crippen LogP contribution in [0.5, 0.6) is 5.75 Å². The van der Waals surface area contributed by atoms with Gasteiger partial charge in [0.05, 0.1) is 0 Å². The van der Waals surface area contributed by atoms with Crippen LogP contribution in [0.25, 0.3) is 0 Å². The molecule has 1 aliphatic heterocycles. The van der Waals surface area contributed by atoms with Crippen molar-refractivity contribution >= 4 is 5.91 Å². The Labute approximate surface area is 127 Å². The van der Waals surface area contributed by atoms with Crippen molar-refractivity contribution < 1.29 is 9.53 Å². The molecule has 1 saturated heterocycles. The highest BCUT2D eigenvalue weighted by Gasteiger charge is 2.30. The van der Waals surface area contributed by atoms with E-state index in [9.17, 15) is 4.79 Å². The highest BCUT2D eigenvalue weighted by atomic mass is 16.5. The van der Waals surface area contributed by atoms with Gasteiger partial charge in [-0.3, -0.25) is 4.79 Å². The first-order valence-electron chi connectivity index (χ1n) is 7.87. The van der Waals surface area contributed by atoms with E-state index in [1.807, 2.05) is 36.9 Å². The van der Waals surface area contributed by atoms with Crippen LogP contribution >= 0.6 is 0 Å². The minimum absolute atomic E-state index is 0.109. The average molecular weight is 290 g/mol. The third-order valence-electron chi connectivity index (χ3n) is 3.89. The fourth-order valence-electron chi connectivity index (χ4n) is 2.58. The van der Waals surface area contributed by atoms with Gasteiger partial charge in [0, 0.05) is 26.2 Å². The smallest absolute Gasteiger partial charge is 0.264 e. The first-order chi connectivity index (χ1) is 10.1. The van der Waals surface area contributed by atoms with Crippen LogP contribution in [0.4, 0.5) is 0 Å². The Morgan fingerprint density at radius 1 is 1.29 bits per heavy atom. The van der Waals surface area contributed by atoms with Gasteiger partial charge in [-0.1, -0.05) is 39.0 Å². The number of rotatable bonds is 5. The summed E-state index contributed by atoms with van der Waals surface area (Å²) >= 11 is 0. The van der Waals surface area contributed by atoms with E-state index in [0.29, 0.717) is 0 Å². The number of carbonyl (C=O) groups is 1. The Morgan fingerprint density at radius 3 is 2.57 bits per heavy atom. The van der Waals surface area contributed by atoms with E-state index in [4.69, 9.17) is 4.74 Å². The molecule has 116 valence electrons. The maximum absolute atomic E-state index is 12.7. The summed E-state index contributed by atoms with van der Waals surface area (Å²) in [4.78, 5) is 14.6. The summed E-state index contributed by atoms with van der Waals surface area (Å²) in [7, 11) is 0. The number of piperazine rings is 1. The SMILES string of the molecule is CCc1ccccc1OC(C(=O)N1CCNCC1)C(C)C. The monoisotopic (exact) mass is 290 g/mol. The predicted octanol–water partition coefficient (Wildman–Crippen LogP) is 2.08. The summed E-state index contributed by atoms with van der Waals surface area (Å²) in [5, 5.41) is 3.27. The maximum Gasteiger partial charge on any atom is 0.264 e. The fraction of sp³-hybridized carbons (Fsp3) is 0.588. The molecule has 1 fully saturated rings. The van der Waals surface area contributed by atoms with E-state index in [1.165, 1.54) is 0 Å². The van der Waals surface area contributed by atoms with Gasteiger partial charge in [0.2, 0.25) is 0 Å². The zero-order valence-corrected chi connectivity index (χ0v) is 13.3. The number of carbonyl (C=O) groups excluding carboxylic acids is 1. The Morgan fingerprint density at radius 2 is 1.95 bits per heavy atom. The van der Waals surface area contributed by atoms with Crippen LogP contribution < -0.4 is 10.1 Å². The molecule has 4 nitrogen and oxygen atoms in total. The summed E-state index contributed by atoms with van der Waals surface area (Å²) < 4.78 is 6.10. The van der Waals surface area contributed by atoms with Gasteiger partial charge in [-0.15, -0.1) is 0 Å². The van der Waals surface area contributed by atoms with Crippen LogP contribution in [0.2, 0.25) is 0 Å². The molecule has 1 atom stereocenters. The molecule has 0 spiro atoms. The molecule has 1 aromatic carbocycles. The van der Waals surface area contributed by atoms with Gasteiger partial charge in [0.25, 0.3) is 5.91 Å². The van der Waals surface area contributed by atoms with E-state index >= 15 is 0 Å². The van der Waals surface area contributed by atoms with E-state index < -0.39 is 6.10 Å². The summed E-state index contributed by atoms with van der Waals surface area (Å²) in [6, 6.07) is 7.98. The fourth-order valence-corrected chi connectivity index (χ4v) is 2.58. The quantitative estimate of drug-likeness (QED) is 0.903. The Bertz CT molecular complexity index is 468. The number of aryl methyl sites for hydroxylation is 1. The normalized spacial score (nSPS) is 16.9. The number of nitrogens with one attached hydrogen (secondary N) is 1. The molecule has 0 radical (unpaired) electrons. The van der Waals surface area contributed by atoms with Crippen molar-refractivity contribution in [3.63, 3.8) is 0 Å². The summed E-state index contributed by atoms with van der Waals surface area (Å²) in [5.74, 6) is 1.09. The standard InChI is InChI=1S/C17H26N2O2/c1-4-14-7-5-6-8-15(14)21-16(13(2)3)17(20)19-11-9-18-10-12-19/h5-8,13,16,18H,4,9-12H2,1-3H3. The van der Waals surface area contributed by atoms with E-state index in [2.05, 4.69) is 18.3 Å². The van der Waals surface area contributed by atoms with Gasteiger partial charge >= 0.3 is 0 Å². The summed E-state index contributed by atoms with van der Waals surface area (Å²) in [6.07, 6.45) is 0.499. The molecule has 0 bridgehead atoms. The number of ether oxygens (including phenoxy) is 1. The molecule has 1 aliphatic rings. The molecule has 1 N–H and O–H groups in total. The largest absolute Gasteiger partial charge is 0.480 e. The highest BCUT2D eigenvalue weighted by Crippen LogP contribution is 2.23. The molecule has 0 aromatic heterocycles. The average Bonchev–Trinajstić information content (AvgIpc) is 2.53. The van der Waals surface area contributed by atoms with Crippen molar-refractivity contribution in [2.75, 3.05) is 26.2 Å². The van der Waals surface area contributed by atoms with Crippen LogP contribution in [0, 0.1) is 5.92 Å². The number of benzene rings is 1. The van der Waals surface area contributed by atoms with Crippen LogP contribution in [-0.4, -0.2) is 43.1 Å². The maximum atomic E-state index is 12.7. The lowest BCUT2D eigenvalue weighted by molar-refractivity contribution is -0.141. The molecule has 21 heavy (non-hydrogen) atoms. The highest BCUT2D eigenvalue weighted by molar-refractivity contribution is 5.81. The molecular formula is C17H26N2O2. The van der Waals surface area contributed by atoms with Crippen molar-refractivity contribution in [2.24, 2.45) is 5.92 Å². The van der Waals surface area contributed by atoms with Crippen molar-refractivity contribution in [1.29, 1.82) is 0 Å². The van der Waals surface area contributed by atoms with Gasteiger partial charge < -0.3 is 15.0 Å². The minimum atomic E-state index is -0.407. The van der Waals surface area contributed by atoms with Crippen molar-refractivity contribution in [3.8, 4) is 5.75 Å². The number of hydrogen-bond donors (Lipinski definition) is 1. The van der Waals surface area contributed by atoms with Gasteiger partial charge in [-0.05, 0) is 24.0 Å². The molecule has 1 heterocycles. The minimum Gasteiger partial charge on any atom is -0.480 e. The second kappa shape index (κ2) is 7.46. The number of hydrogen-bond acceptors (Lipinski definition) is 3. The van der Waals surface area contributed by atoms with Gasteiger partial charge in [-0.2, -0.15) is 0 Å². The third-order valence-corrected chi connectivity index (χ3v) is 3.89. The summed E-state index contributed by atoms with van der Waals surface area (Å²) in [5.41, 5.74) is 1.15. The lowest BCUT2D eigenvalue weighted by Crippen LogP contribution is -2.52. The zero-order valence-electron chi connectivity index (χ0n) is 13.3. The topological polar surface area (TPSA) is 41.6 Å². The van der Waals surface area contributed by atoms with Crippen LogP contribution in [0.3, 0.4) is 0 Å². The molecular weight excluding hydrogens is 264 g/mol. The first-order valence-corrected chi connectivity index (χ1v) is 7.87. The van der Waals surface area contributed by atoms with Crippen molar-refractivity contribution in [2.45, 2.75) is 33.3 Å².